The SMILES string of the molecule is CC(C)C(NC(=O)CN1C(=O)N(Cc2ccccc2)C(=O)C1Cc1ccccc1)C(=O)c1noc(Cc2cccc(C(F)(F)F)c2)n1. The van der Waals surface area contributed by atoms with Crippen LogP contribution in [0.2, 0.25) is 0 Å². The van der Waals surface area contributed by atoms with Crippen LogP contribution in [-0.2, 0) is 35.2 Å². The molecule has 0 saturated carbocycles. The van der Waals surface area contributed by atoms with Gasteiger partial charge >= 0.3 is 12.2 Å². The standard InChI is InChI=1S/C34H32F3N5O5/c1-21(2)29(30(44)31-39-28(47-40-31)18-24-14-9-15-25(16-24)34(35,36)37)38-27(43)20-41-26(17-22-10-5-3-6-11-22)32(45)42(33(41)46)19-23-12-7-4-8-13-23/h3-16,21,26,29H,17-20H2,1-2H3,(H,38,43). The topological polar surface area (TPSA) is 126 Å². The summed E-state index contributed by atoms with van der Waals surface area (Å²) in [5, 5.41) is 6.35. The van der Waals surface area contributed by atoms with E-state index in [1.165, 1.54) is 17.0 Å². The summed E-state index contributed by atoms with van der Waals surface area (Å²) in [6, 6.07) is 20.1. The quantitative estimate of drug-likeness (QED) is 0.168. The molecule has 5 rings (SSSR count). The van der Waals surface area contributed by atoms with Crippen LogP contribution in [0.15, 0.2) is 89.5 Å². The second-order valence-corrected chi connectivity index (χ2v) is 11.6. The number of nitrogens with zero attached hydrogens (tertiary/aromatic N) is 4. The number of benzene rings is 3. The molecule has 244 valence electrons. The van der Waals surface area contributed by atoms with Gasteiger partial charge in [0.1, 0.15) is 12.6 Å². The molecule has 4 aromatic rings. The molecule has 2 atom stereocenters. The number of hydrogen-bond donors (Lipinski definition) is 1. The lowest BCUT2D eigenvalue weighted by molar-refractivity contribution is -0.137. The van der Waals surface area contributed by atoms with E-state index in [4.69, 9.17) is 4.52 Å². The van der Waals surface area contributed by atoms with Gasteiger partial charge in [-0.2, -0.15) is 18.2 Å². The zero-order valence-electron chi connectivity index (χ0n) is 25.6. The summed E-state index contributed by atoms with van der Waals surface area (Å²) in [5.41, 5.74) is 0.976. The van der Waals surface area contributed by atoms with Crippen LogP contribution in [0.25, 0.3) is 0 Å². The number of urea groups is 1. The zero-order chi connectivity index (χ0) is 33.7. The van der Waals surface area contributed by atoms with Crippen molar-refractivity contribution in [3.8, 4) is 0 Å². The first-order valence-electron chi connectivity index (χ1n) is 14.9. The number of imide groups is 1. The van der Waals surface area contributed by atoms with Crippen molar-refractivity contribution in [2.75, 3.05) is 6.54 Å². The Labute approximate surface area is 268 Å². The Kier molecular flexibility index (Phi) is 9.83. The fraction of sp³-hybridized carbons (Fsp3) is 0.294. The van der Waals surface area contributed by atoms with Crippen molar-refractivity contribution in [2.45, 2.75) is 51.5 Å². The molecule has 1 fully saturated rings. The lowest BCUT2D eigenvalue weighted by atomic mass is 9.99. The molecule has 1 N–H and O–H groups in total. The molecular weight excluding hydrogens is 615 g/mol. The monoisotopic (exact) mass is 647 g/mol. The maximum absolute atomic E-state index is 13.5. The van der Waals surface area contributed by atoms with E-state index in [0.29, 0.717) is 0 Å². The zero-order valence-corrected chi connectivity index (χ0v) is 25.6. The van der Waals surface area contributed by atoms with E-state index < -0.39 is 59.9 Å². The van der Waals surface area contributed by atoms with Gasteiger partial charge in [0.05, 0.1) is 24.6 Å². The normalized spacial score (nSPS) is 15.7. The molecule has 3 aromatic carbocycles. The molecular formula is C34H32F3N5O5. The lowest BCUT2D eigenvalue weighted by Crippen LogP contribution is -2.50. The molecule has 1 aliphatic heterocycles. The van der Waals surface area contributed by atoms with Crippen molar-refractivity contribution in [1.29, 1.82) is 0 Å². The number of rotatable bonds is 12. The lowest BCUT2D eigenvalue weighted by Gasteiger charge is -2.24. The summed E-state index contributed by atoms with van der Waals surface area (Å²) in [7, 11) is 0. The molecule has 0 aliphatic carbocycles. The number of carbonyl (C=O) groups excluding carboxylic acids is 4. The Hall–Kier alpha value is -5.33. The number of aromatic nitrogens is 2. The second kappa shape index (κ2) is 14.0. The molecule has 10 nitrogen and oxygen atoms in total. The van der Waals surface area contributed by atoms with Crippen LogP contribution in [0.4, 0.5) is 18.0 Å². The molecule has 2 heterocycles. The number of nitrogens with one attached hydrogen (secondary N) is 1. The van der Waals surface area contributed by atoms with Crippen LogP contribution in [0.3, 0.4) is 0 Å². The van der Waals surface area contributed by atoms with E-state index in [9.17, 15) is 32.3 Å². The molecule has 1 aliphatic rings. The number of amides is 4. The third-order valence-electron chi connectivity index (χ3n) is 7.74. The highest BCUT2D eigenvalue weighted by molar-refractivity contribution is 6.06. The summed E-state index contributed by atoms with van der Waals surface area (Å²) in [4.78, 5) is 60.3. The minimum atomic E-state index is -4.52. The van der Waals surface area contributed by atoms with Crippen molar-refractivity contribution < 1.29 is 36.9 Å². The van der Waals surface area contributed by atoms with Crippen LogP contribution < -0.4 is 5.32 Å². The van der Waals surface area contributed by atoms with Gasteiger partial charge in [0.25, 0.3) is 5.91 Å². The molecule has 4 amide bonds. The predicted molar refractivity (Wildman–Crippen MR) is 163 cm³/mol. The van der Waals surface area contributed by atoms with Crippen LogP contribution in [0.5, 0.6) is 0 Å². The first-order chi connectivity index (χ1) is 22.4. The van der Waals surface area contributed by atoms with E-state index in [2.05, 4.69) is 15.5 Å². The smallest absolute Gasteiger partial charge is 0.344 e. The fourth-order valence-corrected chi connectivity index (χ4v) is 5.33. The second-order valence-electron chi connectivity index (χ2n) is 11.6. The number of halogens is 3. The summed E-state index contributed by atoms with van der Waals surface area (Å²) >= 11 is 0. The minimum Gasteiger partial charge on any atom is -0.344 e. The predicted octanol–water partition coefficient (Wildman–Crippen LogP) is 5.08. The summed E-state index contributed by atoms with van der Waals surface area (Å²) in [5.74, 6) is -2.66. The molecule has 13 heteroatoms. The third-order valence-corrected chi connectivity index (χ3v) is 7.74. The number of alkyl halides is 3. The van der Waals surface area contributed by atoms with E-state index in [-0.39, 0.29) is 36.7 Å². The fourth-order valence-electron chi connectivity index (χ4n) is 5.33. The minimum absolute atomic E-state index is 0.0374. The average molecular weight is 648 g/mol. The van der Waals surface area contributed by atoms with E-state index in [1.807, 2.05) is 36.4 Å². The first-order valence-corrected chi connectivity index (χ1v) is 14.9. The van der Waals surface area contributed by atoms with Gasteiger partial charge in [0, 0.05) is 6.42 Å². The Balaban J connectivity index is 1.29. The van der Waals surface area contributed by atoms with Crippen molar-refractivity contribution in [1.82, 2.24) is 25.3 Å². The Bertz CT molecular complexity index is 1740. The molecule has 1 aromatic heterocycles. The highest BCUT2D eigenvalue weighted by Crippen LogP contribution is 2.30. The van der Waals surface area contributed by atoms with E-state index in [0.717, 1.165) is 28.2 Å². The molecule has 1 saturated heterocycles. The molecule has 0 bridgehead atoms. The molecule has 47 heavy (non-hydrogen) atoms. The number of Topliss-reactive ketones (excluding diaryl/α,β-unsaturated/α-hetero) is 1. The maximum Gasteiger partial charge on any atom is 0.416 e. The van der Waals surface area contributed by atoms with Gasteiger partial charge in [-0.1, -0.05) is 97.9 Å². The van der Waals surface area contributed by atoms with Gasteiger partial charge in [-0.3, -0.25) is 19.3 Å². The van der Waals surface area contributed by atoms with Crippen LogP contribution >= 0.6 is 0 Å². The van der Waals surface area contributed by atoms with Crippen LogP contribution in [0, 0.1) is 5.92 Å². The molecule has 2 unspecified atom stereocenters. The van der Waals surface area contributed by atoms with Gasteiger partial charge in [-0.25, -0.2) is 4.79 Å². The Morgan fingerprint density at radius 2 is 1.55 bits per heavy atom. The molecule has 0 radical (unpaired) electrons. The number of ketones is 1. The van der Waals surface area contributed by atoms with Crippen molar-refractivity contribution >= 4 is 23.6 Å². The van der Waals surface area contributed by atoms with E-state index >= 15 is 0 Å². The summed E-state index contributed by atoms with van der Waals surface area (Å²) < 4.78 is 44.5. The summed E-state index contributed by atoms with van der Waals surface area (Å²) in [6.45, 7) is 2.93. The Morgan fingerprint density at radius 1 is 0.915 bits per heavy atom. The van der Waals surface area contributed by atoms with E-state index in [1.54, 1.807) is 38.1 Å². The van der Waals surface area contributed by atoms with Gasteiger partial charge in [0.15, 0.2) is 0 Å². The van der Waals surface area contributed by atoms with Crippen LogP contribution in [0.1, 0.15) is 52.6 Å². The highest BCUT2D eigenvalue weighted by atomic mass is 19.4. The van der Waals surface area contributed by atoms with Crippen molar-refractivity contribution in [3.63, 3.8) is 0 Å². The van der Waals surface area contributed by atoms with Crippen LogP contribution in [-0.4, -0.2) is 62.2 Å². The number of carbonyl (C=O) groups is 4. The van der Waals surface area contributed by atoms with Crippen molar-refractivity contribution in [3.05, 3.63) is 119 Å². The average Bonchev–Trinajstić information content (AvgIpc) is 3.59. The van der Waals surface area contributed by atoms with Gasteiger partial charge < -0.3 is 14.7 Å². The van der Waals surface area contributed by atoms with Gasteiger partial charge in [-0.15, -0.1) is 0 Å². The number of hydrogen-bond acceptors (Lipinski definition) is 7. The van der Waals surface area contributed by atoms with Gasteiger partial charge in [-0.05, 0) is 28.7 Å². The van der Waals surface area contributed by atoms with Gasteiger partial charge in [0.2, 0.25) is 23.4 Å². The first kappa shape index (κ1) is 33.0. The van der Waals surface area contributed by atoms with Crippen molar-refractivity contribution in [2.24, 2.45) is 5.92 Å². The Morgan fingerprint density at radius 3 is 2.19 bits per heavy atom. The largest absolute Gasteiger partial charge is 0.416 e. The summed E-state index contributed by atoms with van der Waals surface area (Å²) in [6.07, 6.45) is -4.48. The maximum atomic E-state index is 13.5. The molecule has 0 spiro atoms. The third kappa shape index (κ3) is 7.91. The highest BCUT2D eigenvalue weighted by Gasteiger charge is 2.46.